The predicted molar refractivity (Wildman–Crippen MR) is 128 cm³/mol. The highest BCUT2D eigenvalue weighted by Crippen LogP contribution is 2.29. The molecule has 8 nitrogen and oxygen atoms in total. The number of nitrogens with one attached hydrogen (secondary N) is 1. The second-order valence-electron chi connectivity index (χ2n) is 7.47. The summed E-state index contributed by atoms with van der Waals surface area (Å²) in [5.74, 6) is -1.30. The lowest BCUT2D eigenvalue weighted by atomic mass is 10.0. The highest BCUT2D eigenvalue weighted by Gasteiger charge is 2.20. The SMILES string of the molecule is Cc1ccc(C(=O)N/N=C\c2ccc(OC(=O)c3cccc4ccccc34)c([N+](=O)[O-])c2)cc1. The Hall–Kier alpha value is -4.85. The van der Waals surface area contributed by atoms with E-state index in [1.54, 1.807) is 48.5 Å². The Labute approximate surface area is 194 Å². The molecular formula is C26H19N3O5. The van der Waals surface area contributed by atoms with Crippen molar-refractivity contribution in [1.82, 2.24) is 5.43 Å². The molecule has 4 aromatic carbocycles. The van der Waals surface area contributed by atoms with E-state index in [1.165, 1.54) is 24.4 Å². The Kier molecular flexibility index (Phi) is 6.40. The fourth-order valence-electron chi connectivity index (χ4n) is 3.34. The molecule has 0 aliphatic rings. The van der Waals surface area contributed by atoms with Gasteiger partial charge in [-0.25, -0.2) is 10.2 Å². The Morgan fingerprint density at radius 1 is 0.971 bits per heavy atom. The quantitative estimate of drug-likeness (QED) is 0.145. The lowest BCUT2D eigenvalue weighted by molar-refractivity contribution is -0.385. The van der Waals surface area contributed by atoms with Gasteiger partial charge in [-0.3, -0.25) is 14.9 Å². The van der Waals surface area contributed by atoms with Gasteiger partial charge >= 0.3 is 11.7 Å². The first kappa shape index (κ1) is 22.3. The number of nitro benzene ring substituents is 1. The summed E-state index contributed by atoms with van der Waals surface area (Å²) in [5.41, 5.74) is 4.08. The maximum Gasteiger partial charge on any atom is 0.344 e. The van der Waals surface area contributed by atoms with E-state index >= 15 is 0 Å². The molecule has 0 atom stereocenters. The number of rotatable bonds is 6. The normalized spacial score (nSPS) is 10.9. The van der Waals surface area contributed by atoms with Gasteiger partial charge in [-0.15, -0.1) is 0 Å². The fraction of sp³-hybridized carbons (Fsp3) is 0.0385. The lowest BCUT2D eigenvalue weighted by Crippen LogP contribution is -2.17. The molecule has 0 heterocycles. The van der Waals surface area contributed by atoms with Gasteiger partial charge in [-0.05, 0) is 48.0 Å². The molecule has 0 spiro atoms. The van der Waals surface area contributed by atoms with Gasteiger partial charge in [0.25, 0.3) is 5.91 Å². The minimum Gasteiger partial charge on any atom is -0.416 e. The largest absolute Gasteiger partial charge is 0.416 e. The monoisotopic (exact) mass is 453 g/mol. The van der Waals surface area contributed by atoms with Crippen LogP contribution < -0.4 is 10.2 Å². The number of fused-ring (bicyclic) bond motifs is 1. The van der Waals surface area contributed by atoms with Crippen LogP contribution in [0.4, 0.5) is 5.69 Å². The third-order valence-electron chi connectivity index (χ3n) is 5.09. The molecule has 1 N–H and O–H groups in total. The van der Waals surface area contributed by atoms with Crippen LogP contribution in [0.5, 0.6) is 5.75 Å². The molecule has 1 amide bonds. The Morgan fingerprint density at radius 3 is 2.47 bits per heavy atom. The van der Waals surface area contributed by atoms with E-state index in [4.69, 9.17) is 4.74 Å². The summed E-state index contributed by atoms with van der Waals surface area (Å²) in [4.78, 5) is 35.9. The second kappa shape index (κ2) is 9.74. The standard InChI is InChI=1S/C26H19N3O5/c1-17-9-12-20(13-10-17)25(30)28-27-16-18-11-14-24(23(15-18)29(32)33)34-26(31)22-8-4-6-19-5-2-3-7-21(19)22/h2-16H,1H3,(H,28,30)/b27-16-. The molecule has 168 valence electrons. The van der Waals surface area contributed by atoms with Crippen LogP contribution in [0.3, 0.4) is 0 Å². The lowest BCUT2D eigenvalue weighted by Gasteiger charge is -2.08. The van der Waals surface area contributed by atoms with Gasteiger partial charge < -0.3 is 4.74 Å². The van der Waals surface area contributed by atoms with E-state index in [1.807, 2.05) is 25.1 Å². The van der Waals surface area contributed by atoms with Crippen molar-refractivity contribution in [2.45, 2.75) is 6.92 Å². The molecule has 0 aromatic heterocycles. The Morgan fingerprint density at radius 2 is 1.71 bits per heavy atom. The van der Waals surface area contributed by atoms with Gasteiger partial charge in [0, 0.05) is 17.2 Å². The van der Waals surface area contributed by atoms with Crippen LogP contribution in [0.15, 0.2) is 90.0 Å². The van der Waals surface area contributed by atoms with Gasteiger partial charge in [0.05, 0.1) is 16.7 Å². The molecule has 34 heavy (non-hydrogen) atoms. The van der Waals surface area contributed by atoms with E-state index in [0.29, 0.717) is 22.1 Å². The van der Waals surface area contributed by atoms with Gasteiger partial charge in [-0.2, -0.15) is 5.10 Å². The van der Waals surface area contributed by atoms with Crippen molar-refractivity contribution in [1.29, 1.82) is 0 Å². The molecule has 0 bridgehead atoms. The topological polar surface area (TPSA) is 111 Å². The second-order valence-corrected chi connectivity index (χ2v) is 7.47. The van der Waals surface area contributed by atoms with Gasteiger partial charge in [0.2, 0.25) is 5.75 Å². The zero-order valence-corrected chi connectivity index (χ0v) is 18.1. The van der Waals surface area contributed by atoms with Crippen molar-refractivity contribution in [3.05, 3.63) is 117 Å². The zero-order chi connectivity index (χ0) is 24.1. The molecule has 8 heteroatoms. The van der Waals surface area contributed by atoms with Crippen molar-refractivity contribution >= 4 is 34.6 Å². The zero-order valence-electron chi connectivity index (χ0n) is 18.1. The number of hydrogen-bond donors (Lipinski definition) is 1. The smallest absolute Gasteiger partial charge is 0.344 e. The average molecular weight is 453 g/mol. The number of carbonyl (C=O) groups is 2. The number of hydrogen-bond acceptors (Lipinski definition) is 6. The molecule has 0 saturated carbocycles. The molecule has 0 radical (unpaired) electrons. The maximum absolute atomic E-state index is 12.8. The van der Waals surface area contributed by atoms with Crippen LogP contribution in [0.25, 0.3) is 10.8 Å². The summed E-state index contributed by atoms with van der Waals surface area (Å²) >= 11 is 0. The molecule has 0 unspecified atom stereocenters. The summed E-state index contributed by atoms with van der Waals surface area (Å²) in [6, 6.07) is 23.5. The van der Waals surface area contributed by atoms with E-state index < -0.39 is 22.5 Å². The predicted octanol–water partition coefficient (Wildman–Crippen LogP) is 5.04. The Balaban J connectivity index is 1.51. The highest BCUT2D eigenvalue weighted by atomic mass is 16.6. The third-order valence-corrected chi connectivity index (χ3v) is 5.09. The average Bonchev–Trinajstić information content (AvgIpc) is 2.84. The Bertz CT molecular complexity index is 1420. The van der Waals surface area contributed by atoms with Crippen LogP contribution in [0.1, 0.15) is 31.8 Å². The summed E-state index contributed by atoms with van der Waals surface area (Å²) in [6.07, 6.45) is 1.27. The first-order chi connectivity index (χ1) is 16.4. The summed E-state index contributed by atoms with van der Waals surface area (Å²) in [7, 11) is 0. The molecule has 0 saturated heterocycles. The minimum atomic E-state index is -0.702. The van der Waals surface area contributed by atoms with Crippen LogP contribution in [0.2, 0.25) is 0 Å². The summed E-state index contributed by atoms with van der Waals surface area (Å²) in [5, 5.41) is 17.0. The first-order valence-electron chi connectivity index (χ1n) is 10.3. The molecular weight excluding hydrogens is 434 g/mol. The van der Waals surface area contributed by atoms with Crippen LogP contribution in [-0.4, -0.2) is 23.0 Å². The molecule has 0 fully saturated rings. The number of ether oxygens (including phenoxy) is 1. The minimum absolute atomic E-state index is 0.191. The fourth-order valence-corrected chi connectivity index (χ4v) is 3.34. The van der Waals surface area contributed by atoms with Crippen LogP contribution in [0, 0.1) is 17.0 Å². The number of amides is 1. The van der Waals surface area contributed by atoms with E-state index in [9.17, 15) is 19.7 Å². The first-order valence-corrected chi connectivity index (χ1v) is 10.3. The highest BCUT2D eigenvalue weighted by molar-refractivity contribution is 6.05. The molecule has 4 aromatic rings. The number of benzene rings is 4. The van der Waals surface area contributed by atoms with Gasteiger partial charge in [0.15, 0.2) is 0 Å². The number of nitro groups is 1. The van der Waals surface area contributed by atoms with Crippen molar-refractivity contribution in [3.8, 4) is 5.75 Å². The van der Waals surface area contributed by atoms with Crippen molar-refractivity contribution < 1.29 is 19.2 Å². The van der Waals surface area contributed by atoms with Gasteiger partial charge in [-0.1, -0.05) is 54.1 Å². The number of carbonyl (C=O) groups excluding carboxylic acids is 2. The van der Waals surface area contributed by atoms with Crippen LogP contribution >= 0.6 is 0 Å². The van der Waals surface area contributed by atoms with Crippen molar-refractivity contribution in [2.24, 2.45) is 5.10 Å². The van der Waals surface area contributed by atoms with Crippen molar-refractivity contribution in [2.75, 3.05) is 0 Å². The van der Waals surface area contributed by atoms with E-state index in [2.05, 4.69) is 10.5 Å². The third kappa shape index (κ3) is 4.97. The number of hydrazone groups is 1. The van der Waals surface area contributed by atoms with Crippen molar-refractivity contribution in [3.63, 3.8) is 0 Å². The summed E-state index contributed by atoms with van der Waals surface area (Å²) < 4.78 is 5.37. The number of aryl methyl sites for hydroxylation is 1. The van der Waals surface area contributed by atoms with Gasteiger partial charge in [0.1, 0.15) is 0 Å². The maximum atomic E-state index is 12.8. The number of nitrogens with zero attached hydrogens (tertiary/aromatic N) is 2. The molecule has 0 aliphatic carbocycles. The number of esters is 1. The molecule has 0 aliphatic heterocycles. The molecule has 4 rings (SSSR count). The summed E-state index contributed by atoms with van der Waals surface area (Å²) in [6.45, 7) is 1.91. The van der Waals surface area contributed by atoms with E-state index in [-0.39, 0.29) is 5.75 Å². The van der Waals surface area contributed by atoms with Crippen LogP contribution in [-0.2, 0) is 0 Å². The van der Waals surface area contributed by atoms with E-state index in [0.717, 1.165) is 10.9 Å².